The first kappa shape index (κ1) is 14.2. The number of anilines is 1. The van der Waals surface area contributed by atoms with Gasteiger partial charge in [0.15, 0.2) is 0 Å². The summed E-state index contributed by atoms with van der Waals surface area (Å²) in [4.78, 5) is 24.3. The standard InChI is InChI=1S/C14H18N2O4/c1-20-12-4-2-3-11(7-12)15-14(19)16(9-13(17)18)8-10-5-6-10/h2-4,7,10H,5-6,8-9H2,1H3,(H,15,19)(H,17,18). The van der Waals surface area contributed by atoms with E-state index in [9.17, 15) is 9.59 Å². The molecule has 6 heteroatoms. The van der Waals surface area contributed by atoms with E-state index in [4.69, 9.17) is 9.84 Å². The highest BCUT2D eigenvalue weighted by atomic mass is 16.5. The summed E-state index contributed by atoms with van der Waals surface area (Å²) < 4.78 is 5.08. The fourth-order valence-electron chi connectivity index (χ4n) is 1.90. The van der Waals surface area contributed by atoms with Gasteiger partial charge in [-0.3, -0.25) is 4.79 Å². The van der Waals surface area contributed by atoms with Gasteiger partial charge in [0.1, 0.15) is 12.3 Å². The van der Waals surface area contributed by atoms with Crippen LogP contribution in [0.3, 0.4) is 0 Å². The van der Waals surface area contributed by atoms with Crippen LogP contribution in [0.5, 0.6) is 5.75 Å². The first-order valence-corrected chi connectivity index (χ1v) is 6.50. The van der Waals surface area contributed by atoms with Crippen LogP contribution >= 0.6 is 0 Å². The fraction of sp³-hybridized carbons (Fsp3) is 0.429. The lowest BCUT2D eigenvalue weighted by atomic mass is 10.3. The van der Waals surface area contributed by atoms with Crippen LogP contribution in [0.25, 0.3) is 0 Å². The number of amides is 2. The number of benzene rings is 1. The molecule has 0 aromatic heterocycles. The second-order valence-corrected chi connectivity index (χ2v) is 4.88. The number of carbonyl (C=O) groups excluding carboxylic acids is 1. The molecule has 108 valence electrons. The summed E-state index contributed by atoms with van der Waals surface area (Å²) in [5.41, 5.74) is 0.584. The number of carbonyl (C=O) groups is 2. The van der Waals surface area contributed by atoms with Crippen molar-refractivity contribution in [3.8, 4) is 5.75 Å². The second-order valence-electron chi connectivity index (χ2n) is 4.88. The maximum absolute atomic E-state index is 12.1. The summed E-state index contributed by atoms with van der Waals surface area (Å²) in [6, 6.07) is 6.56. The number of rotatable bonds is 6. The minimum Gasteiger partial charge on any atom is -0.497 e. The Morgan fingerprint density at radius 2 is 2.20 bits per heavy atom. The number of ether oxygens (including phenoxy) is 1. The van der Waals surface area contributed by atoms with Gasteiger partial charge in [0.05, 0.1) is 7.11 Å². The molecule has 0 spiro atoms. The molecule has 2 rings (SSSR count). The molecule has 1 fully saturated rings. The molecule has 0 unspecified atom stereocenters. The quantitative estimate of drug-likeness (QED) is 0.834. The molecule has 20 heavy (non-hydrogen) atoms. The molecule has 2 amide bonds. The molecule has 1 aromatic rings. The first-order chi connectivity index (χ1) is 9.58. The van der Waals surface area contributed by atoms with Crippen molar-refractivity contribution in [2.75, 3.05) is 25.5 Å². The third-order valence-corrected chi connectivity index (χ3v) is 3.11. The molecule has 0 aliphatic heterocycles. The Hall–Kier alpha value is -2.24. The Balaban J connectivity index is 2.00. The third kappa shape index (κ3) is 4.15. The van der Waals surface area contributed by atoms with Gasteiger partial charge in [-0.05, 0) is 30.9 Å². The van der Waals surface area contributed by atoms with Crippen LogP contribution in [-0.2, 0) is 4.79 Å². The molecular weight excluding hydrogens is 260 g/mol. The maximum Gasteiger partial charge on any atom is 0.323 e. The van der Waals surface area contributed by atoms with Crippen molar-refractivity contribution in [2.24, 2.45) is 5.92 Å². The molecule has 1 aliphatic carbocycles. The number of carboxylic acids is 1. The molecule has 1 aromatic carbocycles. The van der Waals surface area contributed by atoms with E-state index in [1.54, 1.807) is 31.4 Å². The van der Waals surface area contributed by atoms with Gasteiger partial charge >= 0.3 is 12.0 Å². The number of methoxy groups -OCH3 is 1. The van der Waals surface area contributed by atoms with E-state index in [1.165, 1.54) is 4.90 Å². The molecule has 2 N–H and O–H groups in total. The average Bonchev–Trinajstić information content (AvgIpc) is 3.21. The Labute approximate surface area is 117 Å². The van der Waals surface area contributed by atoms with Crippen LogP contribution < -0.4 is 10.1 Å². The number of hydrogen-bond acceptors (Lipinski definition) is 3. The van der Waals surface area contributed by atoms with E-state index < -0.39 is 12.0 Å². The summed E-state index contributed by atoms with van der Waals surface area (Å²) in [6.07, 6.45) is 2.12. The Bertz CT molecular complexity index is 500. The number of hydrogen-bond donors (Lipinski definition) is 2. The summed E-state index contributed by atoms with van der Waals surface area (Å²) in [5.74, 6) is 0.0617. The second kappa shape index (κ2) is 6.27. The molecule has 0 radical (unpaired) electrons. The molecule has 0 heterocycles. The SMILES string of the molecule is COc1cccc(NC(=O)N(CC(=O)O)CC2CC2)c1. The maximum atomic E-state index is 12.1. The summed E-state index contributed by atoms with van der Waals surface area (Å²) in [7, 11) is 1.55. The highest BCUT2D eigenvalue weighted by Crippen LogP contribution is 2.30. The highest BCUT2D eigenvalue weighted by molar-refractivity contribution is 5.91. The number of urea groups is 1. The van der Waals surface area contributed by atoms with Crippen LogP contribution in [-0.4, -0.2) is 42.2 Å². The van der Waals surface area contributed by atoms with E-state index in [-0.39, 0.29) is 6.54 Å². The predicted molar refractivity (Wildman–Crippen MR) is 73.9 cm³/mol. The van der Waals surface area contributed by atoms with Gasteiger partial charge in [0.2, 0.25) is 0 Å². The van der Waals surface area contributed by atoms with Gasteiger partial charge in [-0.25, -0.2) is 4.79 Å². The van der Waals surface area contributed by atoms with Crippen molar-refractivity contribution in [3.63, 3.8) is 0 Å². The van der Waals surface area contributed by atoms with E-state index in [2.05, 4.69) is 5.32 Å². The Kier molecular flexibility index (Phi) is 4.45. The van der Waals surface area contributed by atoms with Crippen LogP contribution in [0.2, 0.25) is 0 Å². The van der Waals surface area contributed by atoms with Crippen molar-refractivity contribution >= 4 is 17.7 Å². The normalized spacial score (nSPS) is 13.7. The van der Waals surface area contributed by atoms with Crippen LogP contribution in [0.4, 0.5) is 10.5 Å². The topological polar surface area (TPSA) is 78.9 Å². The molecule has 6 nitrogen and oxygen atoms in total. The molecule has 0 saturated heterocycles. The monoisotopic (exact) mass is 278 g/mol. The van der Waals surface area contributed by atoms with E-state index in [0.29, 0.717) is 23.9 Å². The third-order valence-electron chi connectivity index (χ3n) is 3.11. The smallest absolute Gasteiger partial charge is 0.323 e. The minimum absolute atomic E-state index is 0.285. The number of nitrogens with zero attached hydrogens (tertiary/aromatic N) is 1. The van der Waals surface area contributed by atoms with E-state index in [0.717, 1.165) is 12.8 Å². The molecule has 1 saturated carbocycles. The average molecular weight is 278 g/mol. The summed E-state index contributed by atoms with van der Waals surface area (Å²) >= 11 is 0. The van der Waals surface area contributed by atoms with E-state index in [1.807, 2.05) is 0 Å². The Morgan fingerprint density at radius 3 is 2.80 bits per heavy atom. The lowest BCUT2D eigenvalue weighted by Crippen LogP contribution is -2.40. The van der Waals surface area contributed by atoms with Crippen LogP contribution in [0.15, 0.2) is 24.3 Å². The number of aliphatic carboxylic acids is 1. The lowest BCUT2D eigenvalue weighted by molar-refractivity contribution is -0.137. The zero-order chi connectivity index (χ0) is 14.5. The van der Waals surface area contributed by atoms with Gasteiger partial charge in [0.25, 0.3) is 0 Å². The largest absolute Gasteiger partial charge is 0.497 e. The molecule has 0 atom stereocenters. The predicted octanol–water partition coefficient (Wildman–Crippen LogP) is 2.02. The molecular formula is C14H18N2O4. The van der Waals surface area contributed by atoms with Crippen molar-refractivity contribution in [2.45, 2.75) is 12.8 Å². The van der Waals surface area contributed by atoms with Crippen molar-refractivity contribution in [1.82, 2.24) is 4.90 Å². The summed E-state index contributed by atoms with van der Waals surface area (Å²) in [5, 5.41) is 11.6. The van der Waals surface area contributed by atoms with Crippen molar-refractivity contribution < 1.29 is 19.4 Å². The minimum atomic E-state index is -1.01. The lowest BCUT2D eigenvalue weighted by Gasteiger charge is -2.21. The number of nitrogens with one attached hydrogen (secondary N) is 1. The first-order valence-electron chi connectivity index (χ1n) is 6.50. The van der Waals surface area contributed by atoms with Gasteiger partial charge in [-0.15, -0.1) is 0 Å². The van der Waals surface area contributed by atoms with Crippen molar-refractivity contribution in [1.29, 1.82) is 0 Å². The number of carboxylic acid groups (broad SMARTS) is 1. The molecule has 0 bridgehead atoms. The zero-order valence-electron chi connectivity index (χ0n) is 11.3. The van der Waals surface area contributed by atoms with Gasteiger partial charge in [-0.2, -0.15) is 0 Å². The van der Waals surface area contributed by atoms with Crippen LogP contribution in [0.1, 0.15) is 12.8 Å². The van der Waals surface area contributed by atoms with Gasteiger partial charge in [-0.1, -0.05) is 6.07 Å². The zero-order valence-corrected chi connectivity index (χ0v) is 11.3. The Morgan fingerprint density at radius 1 is 1.45 bits per heavy atom. The van der Waals surface area contributed by atoms with Gasteiger partial charge < -0.3 is 20.1 Å². The van der Waals surface area contributed by atoms with Gasteiger partial charge in [0, 0.05) is 18.3 Å². The fourth-order valence-corrected chi connectivity index (χ4v) is 1.90. The molecule has 1 aliphatic rings. The summed E-state index contributed by atoms with van der Waals surface area (Å²) in [6.45, 7) is 0.203. The van der Waals surface area contributed by atoms with Crippen molar-refractivity contribution in [3.05, 3.63) is 24.3 Å². The highest BCUT2D eigenvalue weighted by Gasteiger charge is 2.28. The van der Waals surface area contributed by atoms with E-state index >= 15 is 0 Å². The van der Waals surface area contributed by atoms with Crippen LogP contribution in [0, 0.1) is 5.92 Å².